The van der Waals surface area contributed by atoms with E-state index >= 15 is 0 Å². The molecule has 2 aliphatic heterocycles. The highest BCUT2D eigenvalue weighted by Crippen LogP contribution is 2.34. The third-order valence-corrected chi connectivity index (χ3v) is 4.72. The van der Waals surface area contributed by atoms with Crippen LogP contribution in [0.25, 0.3) is 0 Å². The molecule has 0 aromatic heterocycles. The van der Waals surface area contributed by atoms with Crippen molar-refractivity contribution in [2.75, 3.05) is 31.6 Å². The first kappa shape index (κ1) is 19.8. The number of benzene rings is 1. The molecule has 2 fully saturated rings. The van der Waals surface area contributed by atoms with Crippen LogP contribution in [0.3, 0.4) is 0 Å². The number of para-hydroxylation sites is 2. The van der Waals surface area contributed by atoms with Gasteiger partial charge in [0.05, 0.1) is 11.8 Å². The molecule has 4 nitrogen and oxygen atoms in total. The van der Waals surface area contributed by atoms with E-state index in [-0.39, 0.29) is 11.9 Å². The molecule has 1 N–H and O–H groups in total. The van der Waals surface area contributed by atoms with Gasteiger partial charge in [0.25, 0.3) is 0 Å². The first-order chi connectivity index (χ1) is 11.8. The van der Waals surface area contributed by atoms with Gasteiger partial charge in [-0.05, 0) is 51.8 Å². The van der Waals surface area contributed by atoms with Gasteiger partial charge >= 0.3 is 6.36 Å². The molecule has 25 heavy (non-hydrogen) atoms. The average Bonchev–Trinajstić information content (AvgIpc) is 3.05. The highest BCUT2D eigenvalue weighted by molar-refractivity contribution is 5.58. The van der Waals surface area contributed by atoms with Gasteiger partial charge in [-0.2, -0.15) is 0 Å². The molecule has 0 aliphatic carbocycles. The monoisotopic (exact) mass is 360 g/mol. The number of hydrogen-bond acceptors (Lipinski definition) is 4. The van der Waals surface area contributed by atoms with E-state index in [1.54, 1.807) is 18.2 Å². The lowest BCUT2D eigenvalue weighted by Crippen LogP contribution is -2.39. The fourth-order valence-electron chi connectivity index (χ4n) is 3.15. The minimum absolute atomic E-state index is 0.0452. The van der Waals surface area contributed by atoms with E-state index in [4.69, 9.17) is 0 Å². The molecule has 2 aliphatic rings. The van der Waals surface area contributed by atoms with Crippen LogP contribution >= 0.6 is 0 Å². The van der Waals surface area contributed by atoms with Crippen LogP contribution in [0, 0.1) is 0 Å². The highest BCUT2D eigenvalue weighted by Gasteiger charge is 2.32. The lowest BCUT2D eigenvalue weighted by atomic mass is 10.0. The number of aliphatic hydroxyl groups is 1. The molecule has 2 unspecified atom stereocenters. The van der Waals surface area contributed by atoms with E-state index < -0.39 is 6.36 Å². The normalized spacial score (nSPS) is 24.6. The van der Waals surface area contributed by atoms with E-state index in [2.05, 4.69) is 23.6 Å². The second kappa shape index (κ2) is 8.76. The lowest BCUT2D eigenvalue weighted by Gasteiger charge is -2.32. The molecule has 0 amide bonds. The number of hydrogen-bond donors (Lipinski definition) is 1. The summed E-state index contributed by atoms with van der Waals surface area (Å²) in [5, 5.41) is 9.17. The van der Waals surface area contributed by atoms with Crippen LogP contribution in [-0.4, -0.2) is 55.2 Å². The van der Waals surface area contributed by atoms with Crippen molar-refractivity contribution in [3.63, 3.8) is 0 Å². The number of alkyl halides is 3. The Bertz CT molecular complexity index is 533. The molecule has 0 radical (unpaired) electrons. The van der Waals surface area contributed by atoms with Gasteiger partial charge in [0.2, 0.25) is 0 Å². The predicted octanol–water partition coefficient (Wildman–Crippen LogP) is 3.65. The zero-order valence-electron chi connectivity index (χ0n) is 14.8. The number of piperidine rings is 1. The maximum Gasteiger partial charge on any atom is 0.573 e. The van der Waals surface area contributed by atoms with Gasteiger partial charge in [-0.1, -0.05) is 12.1 Å². The average molecular weight is 360 g/mol. The quantitative estimate of drug-likeness (QED) is 0.873. The van der Waals surface area contributed by atoms with Crippen LogP contribution in [0.2, 0.25) is 0 Å². The summed E-state index contributed by atoms with van der Waals surface area (Å²) in [4.78, 5) is 4.20. The zero-order chi connectivity index (χ0) is 18.4. The van der Waals surface area contributed by atoms with Gasteiger partial charge in [0, 0.05) is 25.7 Å². The number of aliphatic hydroxyl groups excluding tert-OH is 1. The van der Waals surface area contributed by atoms with E-state index in [9.17, 15) is 18.3 Å². The molecule has 1 aromatic carbocycles. The molecule has 2 saturated heterocycles. The van der Waals surface area contributed by atoms with Crippen LogP contribution in [0.1, 0.15) is 32.6 Å². The predicted molar refractivity (Wildman–Crippen MR) is 91.9 cm³/mol. The van der Waals surface area contributed by atoms with Crippen molar-refractivity contribution in [2.45, 2.75) is 51.1 Å². The van der Waals surface area contributed by atoms with Crippen molar-refractivity contribution in [2.24, 2.45) is 0 Å². The number of likely N-dealkylation sites (tertiary alicyclic amines) is 1. The Hall–Kier alpha value is -1.47. The standard InChI is InChI=1S/C11H12F3NO.C7H15NO/c12-11(13,14)16-10-6-2-1-5-9(10)15-7-3-4-8-15;1-6-5-7(9)3-4-8(6)2/h1-2,5-6H,3-4,7-8H2;6-7,9H,3-5H2,1-2H3. The smallest absolute Gasteiger partial charge is 0.404 e. The van der Waals surface area contributed by atoms with E-state index in [0.717, 1.165) is 45.3 Å². The highest BCUT2D eigenvalue weighted by atomic mass is 19.4. The summed E-state index contributed by atoms with van der Waals surface area (Å²) in [5.74, 6) is -0.114. The summed E-state index contributed by atoms with van der Waals surface area (Å²) in [6, 6.07) is 6.83. The Kier molecular flexibility index (Phi) is 6.95. The van der Waals surface area contributed by atoms with Crippen LogP contribution in [-0.2, 0) is 0 Å². The van der Waals surface area contributed by atoms with Crippen molar-refractivity contribution in [1.82, 2.24) is 4.90 Å². The number of ether oxygens (including phenoxy) is 1. The molecule has 0 saturated carbocycles. The van der Waals surface area contributed by atoms with Gasteiger partial charge in [0.1, 0.15) is 0 Å². The molecule has 2 heterocycles. The van der Waals surface area contributed by atoms with Gasteiger partial charge in [0.15, 0.2) is 5.75 Å². The Morgan fingerprint density at radius 3 is 2.32 bits per heavy atom. The Labute approximate surface area is 147 Å². The van der Waals surface area contributed by atoms with E-state index in [1.807, 2.05) is 4.90 Å². The number of anilines is 1. The molecule has 0 bridgehead atoms. The van der Waals surface area contributed by atoms with Crippen molar-refractivity contribution in [3.8, 4) is 5.75 Å². The van der Waals surface area contributed by atoms with Gasteiger partial charge in [-0.25, -0.2) is 0 Å². The Morgan fingerprint density at radius 2 is 1.76 bits per heavy atom. The molecule has 3 rings (SSSR count). The lowest BCUT2D eigenvalue weighted by molar-refractivity contribution is -0.274. The SMILES string of the molecule is CC1CC(O)CCN1C.FC(F)(F)Oc1ccccc1N1CCCC1. The van der Waals surface area contributed by atoms with Gasteiger partial charge in [-0.3, -0.25) is 0 Å². The fraction of sp³-hybridized carbons (Fsp3) is 0.667. The van der Waals surface area contributed by atoms with Crippen molar-refractivity contribution in [3.05, 3.63) is 24.3 Å². The number of halogens is 3. The minimum Gasteiger partial charge on any atom is -0.404 e. The summed E-state index contributed by atoms with van der Waals surface area (Å²) in [5.41, 5.74) is 0.525. The van der Waals surface area contributed by atoms with Crippen LogP contribution in [0.4, 0.5) is 18.9 Å². The van der Waals surface area contributed by atoms with E-state index in [1.165, 1.54) is 6.07 Å². The van der Waals surface area contributed by atoms with Crippen LogP contribution < -0.4 is 9.64 Å². The van der Waals surface area contributed by atoms with Crippen molar-refractivity contribution in [1.29, 1.82) is 0 Å². The number of nitrogens with zero attached hydrogens (tertiary/aromatic N) is 2. The molecular formula is C18H27F3N2O2. The second-order valence-electron chi connectivity index (χ2n) is 6.72. The molecule has 142 valence electrons. The summed E-state index contributed by atoms with van der Waals surface area (Å²) in [6.07, 6.45) is -0.760. The first-order valence-corrected chi connectivity index (χ1v) is 8.74. The van der Waals surface area contributed by atoms with E-state index in [0.29, 0.717) is 11.7 Å². The Balaban J connectivity index is 0.000000212. The van der Waals surface area contributed by atoms with Crippen LogP contribution in [0.5, 0.6) is 5.75 Å². The van der Waals surface area contributed by atoms with Crippen molar-refractivity contribution >= 4 is 5.69 Å². The maximum atomic E-state index is 12.2. The van der Waals surface area contributed by atoms with Crippen LogP contribution in [0.15, 0.2) is 24.3 Å². The first-order valence-electron chi connectivity index (χ1n) is 8.74. The second-order valence-corrected chi connectivity index (χ2v) is 6.72. The Morgan fingerprint density at radius 1 is 1.12 bits per heavy atom. The molecule has 0 spiro atoms. The zero-order valence-corrected chi connectivity index (χ0v) is 14.8. The molecule has 7 heteroatoms. The largest absolute Gasteiger partial charge is 0.573 e. The van der Waals surface area contributed by atoms with Gasteiger partial charge < -0.3 is 19.6 Å². The third-order valence-electron chi connectivity index (χ3n) is 4.72. The molecule has 1 aromatic rings. The minimum atomic E-state index is -4.63. The maximum absolute atomic E-state index is 12.2. The summed E-state index contributed by atoms with van der Waals surface area (Å²) >= 11 is 0. The summed E-state index contributed by atoms with van der Waals surface area (Å²) in [7, 11) is 2.11. The third kappa shape index (κ3) is 6.40. The summed E-state index contributed by atoms with van der Waals surface area (Å²) < 4.78 is 40.5. The fourth-order valence-corrected chi connectivity index (χ4v) is 3.15. The topological polar surface area (TPSA) is 35.9 Å². The number of rotatable bonds is 2. The van der Waals surface area contributed by atoms with Gasteiger partial charge in [-0.15, -0.1) is 13.2 Å². The summed E-state index contributed by atoms with van der Waals surface area (Å²) in [6.45, 7) is 4.78. The van der Waals surface area contributed by atoms with Crippen molar-refractivity contribution < 1.29 is 23.0 Å². The molecular weight excluding hydrogens is 333 g/mol. The molecule has 2 atom stereocenters.